The summed E-state index contributed by atoms with van der Waals surface area (Å²) in [4.78, 5) is 8.31. The van der Waals surface area contributed by atoms with Gasteiger partial charge in [-0.1, -0.05) is 6.07 Å². The Morgan fingerprint density at radius 2 is 2.06 bits per heavy atom. The van der Waals surface area contributed by atoms with Crippen LogP contribution in [0.15, 0.2) is 47.3 Å². The zero-order chi connectivity index (χ0) is 11.2. The van der Waals surface area contributed by atoms with Gasteiger partial charge in [0.15, 0.2) is 0 Å². The third kappa shape index (κ3) is 3.03. The van der Waals surface area contributed by atoms with Crippen LogP contribution in [0, 0.1) is 0 Å². The molecule has 1 N–H and O–H groups in total. The van der Waals surface area contributed by atoms with E-state index in [1.807, 2.05) is 24.4 Å². The summed E-state index contributed by atoms with van der Waals surface area (Å²) in [6.07, 6.45) is 6.38. The second-order valence-corrected chi connectivity index (χ2v) is 4.23. The van der Waals surface area contributed by atoms with Gasteiger partial charge in [0.2, 0.25) is 0 Å². The van der Waals surface area contributed by atoms with Gasteiger partial charge >= 0.3 is 0 Å². The predicted molar refractivity (Wildman–Crippen MR) is 68.4 cm³/mol. The predicted octanol–water partition coefficient (Wildman–Crippen LogP) is 2.89. The summed E-state index contributed by atoms with van der Waals surface area (Å²) in [5.41, 5.74) is 1.22. The maximum Gasteiger partial charge on any atom is 0.140 e. The average Bonchev–Trinajstić information content (AvgIpc) is 2.33. The van der Waals surface area contributed by atoms with E-state index in [0.717, 1.165) is 23.3 Å². The molecule has 0 bridgehead atoms. The van der Waals surface area contributed by atoms with Crippen LogP contribution in [0.4, 0.5) is 5.82 Å². The van der Waals surface area contributed by atoms with Crippen LogP contribution < -0.4 is 5.32 Å². The molecule has 0 atom stereocenters. The van der Waals surface area contributed by atoms with Crippen LogP contribution in [0.25, 0.3) is 0 Å². The third-order valence-electron chi connectivity index (χ3n) is 2.19. The summed E-state index contributed by atoms with van der Waals surface area (Å²) in [6, 6.07) is 7.89. The van der Waals surface area contributed by atoms with Crippen molar-refractivity contribution in [3.63, 3.8) is 0 Å². The van der Waals surface area contributed by atoms with E-state index in [0.29, 0.717) is 0 Å². The lowest BCUT2D eigenvalue weighted by molar-refractivity contribution is 0.992. The van der Waals surface area contributed by atoms with Gasteiger partial charge in [-0.3, -0.25) is 4.98 Å². The van der Waals surface area contributed by atoms with E-state index < -0.39 is 0 Å². The first-order chi connectivity index (χ1) is 7.86. The molecule has 0 spiro atoms. The molecule has 0 aliphatic carbocycles. The second-order valence-electron chi connectivity index (χ2n) is 3.37. The first kappa shape index (κ1) is 11.1. The largest absolute Gasteiger partial charge is 0.369 e. The number of pyridine rings is 2. The highest BCUT2D eigenvalue weighted by atomic mass is 79.9. The molecule has 0 aliphatic rings. The number of nitrogens with zero attached hydrogens (tertiary/aromatic N) is 2. The van der Waals surface area contributed by atoms with E-state index in [1.54, 1.807) is 12.4 Å². The fourth-order valence-electron chi connectivity index (χ4n) is 1.39. The highest BCUT2D eigenvalue weighted by Crippen LogP contribution is 2.17. The lowest BCUT2D eigenvalue weighted by atomic mass is 10.2. The molecule has 82 valence electrons. The number of hydrogen-bond donors (Lipinski definition) is 1. The third-order valence-corrected chi connectivity index (χ3v) is 2.83. The minimum absolute atomic E-state index is 0.849. The molecule has 3 nitrogen and oxygen atoms in total. The zero-order valence-electron chi connectivity index (χ0n) is 8.73. The van der Waals surface area contributed by atoms with Crippen LogP contribution in [-0.2, 0) is 6.42 Å². The molecule has 0 saturated carbocycles. The molecule has 2 heterocycles. The summed E-state index contributed by atoms with van der Waals surface area (Å²) in [7, 11) is 0. The Hall–Kier alpha value is -1.42. The minimum atomic E-state index is 0.849. The summed E-state index contributed by atoms with van der Waals surface area (Å²) < 4.78 is 0.987. The molecule has 16 heavy (non-hydrogen) atoms. The number of hydrogen-bond acceptors (Lipinski definition) is 3. The second kappa shape index (κ2) is 5.61. The summed E-state index contributed by atoms with van der Waals surface area (Å²) in [5, 5.41) is 3.28. The first-order valence-electron chi connectivity index (χ1n) is 5.09. The van der Waals surface area contributed by atoms with Gasteiger partial charge in [0, 0.05) is 25.1 Å². The van der Waals surface area contributed by atoms with Crippen molar-refractivity contribution in [2.45, 2.75) is 6.42 Å². The molecule has 2 rings (SSSR count). The van der Waals surface area contributed by atoms with Crippen LogP contribution in [-0.4, -0.2) is 16.5 Å². The topological polar surface area (TPSA) is 37.8 Å². The number of rotatable bonds is 4. The van der Waals surface area contributed by atoms with Gasteiger partial charge in [0.25, 0.3) is 0 Å². The maximum absolute atomic E-state index is 4.24. The summed E-state index contributed by atoms with van der Waals surface area (Å²) in [5.74, 6) is 0.881. The molecule has 0 saturated heterocycles. The number of aromatic nitrogens is 2. The molecule has 0 fully saturated rings. The van der Waals surface area contributed by atoms with Crippen molar-refractivity contribution in [3.8, 4) is 0 Å². The Morgan fingerprint density at radius 3 is 2.81 bits per heavy atom. The van der Waals surface area contributed by atoms with Crippen molar-refractivity contribution in [2.24, 2.45) is 0 Å². The number of nitrogens with one attached hydrogen (secondary N) is 1. The van der Waals surface area contributed by atoms with Crippen molar-refractivity contribution < 1.29 is 0 Å². The molecule has 4 heteroatoms. The fraction of sp³-hybridized carbons (Fsp3) is 0.167. The van der Waals surface area contributed by atoms with Crippen molar-refractivity contribution in [3.05, 3.63) is 52.9 Å². The normalized spacial score (nSPS) is 10.1. The van der Waals surface area contributed by atoms with E-state index in [2.05, 4.69) is 37.3 Å². The highest BCUT2D eigenvalue weighted by molar-refractivity contribution is 9.10. The number of anilines is 1. The van der Waals surface area contributed by atoms with E-state index in [4.69, 9.17) is 0 Å². The fourth-order valence-corrected chi connectivity index (χ4v) is 1.78. The quantitative estimate of drug-likeness (QED) is 0.934. The van der Waals surface area contributed by atoms with Crippen LogP contribution >= 0.6 is 15.9 Å². The molecule has 0 amide bonds. The zero-order valence-corrected chi connectivity index (χ0v) is 10.3. The van der Waals surface area contributed by atoms with E-state index in [1.165, 1.54) is 5.56 Å². The van der Waals surface area contributed by atoms with Crippen molar-refractivity contribution >= 4 is 21.7 Å². The van der Waals surface area contributed by atoms with Gasteiger partial charge in [-0.25, -0.2) is 4.98 Å². The first-order valence-corrected chi connectivity index (χ1v) is 5.89. The van der Waals surface area contributed by atoms with Crippen molar-refractivity contribution in [1.29, 1.82) is 0 Å². The Kier molecular flexibility index (Phi) is 3.88. The smallest absolute Gasteiger partial charge is 0.140 e. The van der Waals surface area contributed by atoms with E-state index in [9.17, 15) is 0 Å². The highest BCUT2D eigenvalue weighted by Gasteiger charge is 1.98. The van der Waals surface area contributed by atoms with Crippen molar-refractivity contribution in [2.75, 3.05) is 11.9 Å². The van der Waals surface area contributed by atoms with Gasteiger partial charge in [-0.05, 0) is 46.1 Å². The number of halogens is 1. The van der Waals surface area contributed by atoms with E-state index in [-0.39, 0.29) is 0 Å². The standard InChI is InChI=1S/C12H12BrN3/c13-11-4-2-7-15-12(11)16-8-5-10-3-1-6-14-9-10/h1-4,6-7,9H,5,8H2,(H,15,16). The molecular weight excluding hydrogens is 266 g/mol. The van der Waals surface area contributed by atoms with Crippen LogP contribution in [0.1, 0.15) is 5.56 Å². The van der Waals surface area contributed by atoms with Crippen LogP contribution in [0.2, 0.25) is 0 Å². The molecule has 0 aliphatic heterocycles. The SMILES string of the molecule is Brc1cccnc1NCCc1cccnc1. The Morgan fingerprint density at radius 1 is 1.19 bits per heavy atom. The molecule has 0 unspecified atom stereocenters. The summed E-state index contributed by atoms with van der Waals surface area (Å²) in [6.45, 7) is 0.849. The van der Waals surface area contributed by atoms with Crippen molar-refractivity contribution in [1.82, 2.24) is 9.97 Å². The molecular formula is C12H12BrN3. The van der Waals surface area contributed by atoms with Crippen LogP contribution in [0.3, 0.4) is 0 Å². The van der Waals surface area contributed by atoms with Crippen LogP contribution in [0.5, 0.6) is 0 Å². The molecule has 0 radical (unpaired) electrons. The Balaban J connectivity index is 1.87. The molecule has 2 aromatic rings. The van der Waals surface area contributed by atoms with Gasteiger partial charge in [0.05, 0.1) is 4.47 Å². The maximum atomic E-state index is 4.24. The average molecular weight is 278 g/mol. The minimum Gasteiger partial charge on any atom is -0.369 e. The lowest BCUT2D eigenvalue weighted by Crippen LogP contribution is -2.06. The van der Waals surface area contributed by atoms with Gasteiger partial charge < -0.3 is 5.32 Å². The molecule has 0 aromatic carbocycles. The van der Waals surface area contributed by atoms with Gasteiger partial charge in [-0.15, -0.1) is 0 Å². The Bertz CT molecular complexity index is 445. The van der Waals surface area contributed by atoms with Gasteiger partial charge in [-0.2, -0.15) is 0 Å². The van der Waals surface area contributed by atoms with Gasteiger partial charge in [0.1, 0.15) is 5.82 Å². The lowest BCUT2D eigenvalue weighted by Gasteiger charge is -2.06. The monoisotopic (exact) mass is 277 g/mol. The summed E-state index contributed by atoms with van der Waals surface area (Å²) >= 11 is 3.45. The Labute approximate surface area is 103 Å². The van der Waals surface area contributed by atoms with E-state index >= 15 is 0 Å². The molecule has 2 aromatic heterocycles.